The summed E-state index contributed by atoms with van der Waals surface area (Å²) in [6.45, 7) is 4.77. The van der Waals surface area contributed by atoms with Crippen molar-refractivity contribution in [1.82, 2.24) is 0 Å². The molecule has 2 bridgehead atoms. The topological polar surface area (TPSA) is 108 Å². The zero-order valence-electron chi connectivity index (χ0n) is 19.5. The van der Waals surface area contributed by atoms with Crippen LogP contribution in [-0.4, -0.2) is 60.6 Å². The first-order valence-corrected chi connectivity index (χ1v) is 11.4. The van der Waals surface area contributed by atoms with Crippen LogP contribution in [0.1, 0.15) is 59.3 Å². The Balaban J connectivity index is 2.24. The van der Waals surface area contributed by atoms with Gasteiger partial charge in [-0.3, -0.25) is 14.4 Å². The normalized spacial score (nSPS) is 31.2. The van der Waals surface area contributed by atoms with Crippen molar-refractivity contribution in [2.24, 2.45) is 0 Å². The van der Waals surface area contributed by atoms with Crippen LogP contribution in [-0.2, 0) is 33.3 Å². The third-order valence-corrected chi connectivity index (χ3v) is 5.93. The van der Waals surface area contributed by atoms with Gasteiger partial charge in [0.25, 0.3) is 0 Å². The first-order chi connectivity index (χ1) is 15.6. The number of carbonyl (C=O) groups is 3. The number of aliphatic hydroxyl groups is 1. The van der Waals surface area contributed by atoms with Gasteiger partial charge < -0.3 is 24.1 Å². The summed E-state index contributed by atoms with van der Waals surface area (Å²) in [4.78, 5) is 35.8. The van der Waals surface area contributed by atoms with E-state index in [9.17, 15) is 19.5 Å². The van der Waals surface area contributed by atoms with Gasteiger partial charge in [-0.1, -0.05) is 35.4 Å². The highest BCUT2D eigenvalue weighted by atomic mass is 35.5. The molecule has 0 aromatic heterocycles. The average molecular weight is 485 g/mol. The molecular formula is C24H33ClO8. The molecule has 2 aliphatic rings. The van der Waals surface area contributed by atoms with E-state index < -0.39 is 42.3 Å². The molecule has 1 N–H and O–H groups in total. The Morgan fingerprint density at radius 3 is 2.73 bits per heavy atom. The highest BCUT2D eigenvalue weighted by Crippen LogP contribution is 2.31. The smallest absolute Gasteiger partial charge is 0.310 e. The lowest BCUT2D eigenvalue weighted by Gasteiger charge is -2.24. The number of allylic oxidation sites excluding steroid dienone is 3. The average Bonchev–Trinajstić information content (AvgIpc) is 3.13. The Morgan fingerprint density at radius 2 is 2.06 bits per heavy atom. The predicted molar refractivity (Wildman–Crippen MR) is 121 cm³/mol. The van der Waals surface area contributed by atoms with E-state index in [2.05, 4.69) is 4.74 Å². The number of hydrogen-bond donors (Lipinski definition) is 1. The number of hydrogen-bond acceptors (Lipinski definition) is 8. The Morgan fingerprint density at radius 1 is 1.33 bits per heavy atom. The van der Waals surface area contributed by atoms with Crippen LogP contribution in [0.25, 0.3) is 0 Å². The van der Waals surface area contributed by atoms with Crippen molar-refractivity contribution in [2.45, 2.75) is 89.8 Å². The molecule has 0 aliphatic carbocycles. The van der Waals surface area contributed by atoms with E-state index in [1.807, 2.05) is 12.2 Å². The van der Waals surface area contributed by atoms with Crippen molar-refractivity contribution < 1.29 is 38.4 Å². The van der Waals surface area contributed by atoms with Crippen molar-refractivity contribution in [3.8, 4) is 0 Å². The van der Waals surface area contributed by atoms with Crippen molar-refractivity contribution in [3.63, 3.8) is 0 Å². The summed E-state index contributed by atoms with van der Waals surface area (Å²) in [7, 11) is 1.29. The fourth-order valence-electron chi connectivity index (χ4n) is 3.87. The number of fused-ring (bicyclic) bond motifs is 2. The molecule has 0 saturated carbocycles. The minimum Gasteiger partial charge on any atom is -0.469 e. The zero-order chi connectivity index (χ0) is 24.5. The van der Waals surface area contributed by atoms with E-state index >= 15 is 0 Å². The Hall–Kier alpha value is -2.16. The summed E-state index contributed by atoms with van der Waals surface area (Å²) >= 11 is 6.35. The lowest BCUT2D eigenvalue weighted by molar-refractivity contribution is -0.159. The van der Waals surface area contributed by atoms with Gasteiger partial charge >= 0.3 is 17.9 Å². The lowest BCUT2D eigenvalue weighted by atomic mass is 10.0. The molecule has 33 heavy (non-hydrogen) atoms. The van der Waals surface area contributed by atoms with Gasteiger partial charge in [0.15, 0.2) is 0 Å². The highest BCUT2D eigenvalue weighted by Gasteiger charge is 2.41. The van der Waals surface area contributed by atoms with Gasteiger partial charge in [-0.25, -0.2) is 0 Å². The van der Waals surface area contributed by atoms with Crippen LogP contribution < -0.4 is 0 Å². The Kier molecular flexibility index (Phi) is 10.6. The third kappa shape index (κ3) is 8.95. The molecule has 0 amide bonds. The van der Waals surface area contributed by atoms with E-state index in [4.69, 9.17) is 25.8 Å². The van der Waals surface area contributed by atoms with Crippen molar-refractivity contribution in [2.75, 3.05) is 7.11 Å². The molecule has 5 atom stereocenters. The molecule has 0 radical (unpaired) electrons. The van der Waals surface area contributed by atoms with Gasteiger partial charge in [0.2, 0.25) is 0 Å². The quantitative estimate of drug-likeness (QED) is 0.359. The molecule has 0 spiro atoms. The molecule has 2 aliphatic heterocycles. The summed E-state index contributed by atoms with van der Waals surface area (Å²) in [6.07, 6.45) is 3.64. The molecular weight excluding hydrogens is 452 g/mol. The molecule has 0 unspecified atom stereocenters. The second-order valence-electron chi connectivity index (χ2n) is 8.42. The molecule has 1 fully saturated rings. The molecule has 184 valence electrons. The molecule has 8 nitrogen and oxygen atoms in total. The van der Waals surface area contributed by atoms with Gasteiger partial charge in [0, 0.05) is 18.4 Å². The number of methoxy groups -OCH3 is 1. The van der Waals surface area contributed by atoms with E-state index in [1.165, 1.54) is 20.1 Å². The van der Waals surface area contributed by atoms with Crippen LogP contribution in [0.4, 0.5) is 0 Å². The third-order valence-electron chi connectivity index (χ3n) is 5.59. The Bertz CT molecular complexity index is 815. The van der Waals surface area contributed by atoms with Crippen LogP contribution in [0, 0.1) is 0 Å². The number of aliphatic hydroxyl groups excluding tert-OH is 1. The minimum absolute atomic E-state index is 0.0320. The second kappa shape index (κ2) is 12.9. The first kappa shape index (κ1) is 27.1. The lowest BCUT2D eigenvalue weighted by Crippen LogP contribution is -2.37. The molecule has 0 aromatic rings. The summed E-state index contributed by atoms with van der Waals surface area (Å²) < 4.78 is 21.7. The second-order valence-corrected chi connectivity index (χ2v) is 8.90. The number of esters is 3. The molecule has 2 heterocycles. The van der Waals surface area contributed by atoms with Gasteiger partial charge in [-0.2, -0.15) is 0 Å². The largest absolute Gasteiger partial charge is 0.469 e. The van der Waals surface area contributed by atoms with E-state index in [-0.39, 0.29) is 18.9 Å². The summed E-state index contributed by atoms with van der Waals surface area (Å²) in [5.41, 5.74) is 1.33. The maximum atomic E-state index is 12.7. The molecule has 9 heteroatoms. The maximum Gasteiger partial charge on any atom is 0.310 e. The van der Waals surface area contributed by atoms with Crippen molar-refractivity contribution in [3.05, 3.63) is 34.4 Å². The molecule has 2 rings (SSSR count). The minimum atomic E-state index is -1.09. The van der Waals surface area contributed by atoms with Gasteiger partial charge in [0.05, 0.1) is 26.1 Å². The van der Waals surface area contributed by atoms with Gasteiger partial charge in [-0.15, -0.1) is 0 Å². The predicted octanol–water partition coefficient (Wildman–Crippen LogP) is 3.50. The van der Waals surface area contributed by atoms with E-state index in [0.29, 0.717) is 36.3 Å². The SMILES string of the molecule is COC(=O)C/C(C)=C/[C@@H](O)[C@H]1O[C@@H]2CC/C(Cl)=C/C/C=C(/C)[C@H](OC(C)=O)CC(=O)O[C@@H]1C2. The van der Waals surface area contributed by atoms with Crippen LogP contribution in [0.3, 0.4) is 0 Å². The van der Waals surface area contributed by atoms with Gasteiger partial charge in [-0.05, 0) is 38.7 Å². The summed E-state index contributed by atoms with van der Waals surface area (Å²) in [5, 5.41) is 11.4. The standard InChI is InChI=1S/C24H33ClO8/c1-14(11-22(28)30-4)10-19(27)24-21-12-18(32-24)9-8-17(25)7-5-6-15(2)20(31-16(3)26)13-23(29)33-21/h6-7,10,18-21,24,27H,5,8-9,11-13H2,1-4H3/b14-10+,15-6-,17-7-/t18-,19-,20-,21-,24-/m1/s1. The van der Waals surface area contributed by atoms with Crippen LogP contribution in [0.15, 0.2) is 34.4 Å². The number of carbonyl (C=O) groups excluding carboxylic acids is 3. The number of rotatable bonds is 5. The van der Waals surface area contributed by atoms with Gasteiger partial charge in [0.1, 0.15) is 24.4 Å². The molecule has 1 saturated heterocycles. The summed E-state index contributed by atoms with van der Waals surface area (Å²) in [6, 6.07) is 0. The first-order valence-electron chi connectivity index (χ1n) is 11.0. The van der Waals surface area contributed by atoms with E-state index in [1.54, 1.807) is 13.8 Å². The van der Waals surface area contributed by atoms with Crippen LogP contribution in [0.2, 0.25) is 0 Å². The zero-order valence-corrected chi connectivity index (χ0v) is 20.3. The van der Waals surface area contributed by atoms with Crippen molar-refractivity contribution in [1.29, 1.82) is 0 Å². The fraction of sp³-hybridized carbons (Fsp3) is 0.625. The van der Waals surface area contributed by atoms with Crippen molar-refractivity contribution >= 4 is 29.5 Å². The monoisotopic (exact) mass is 484 g/mol. The number of ether oxygens (including phenoxy) is 4. The van der Waals surface area contributed by atoms with Crippen LogP contribution >= 0.6 is 11.6 Å². The highest BCUT2D eigenvalue weighted by molar-refractivity contribution is 6.29. The maximum absolute atomic E-state index is 12.7. The fourth-order valence-corrected chi connectivity index (χ4v) is 4.07. The summed E-state index contributed by atoms with van der Waals surface area (Å²) in [5.74, 6) is -1.48. The molecule has 0 aromatic carbocycles. The van der Waals surface area contributed by atoms with Crippen LogP contribution in [0.5, 0.6) is 0 Å². The number of halogens is 1. The Labute approximate surface area is 199 Å². The van der Waals surface area contributed by atoms with E-state index in [0.717, 1.165) is 5.57 Å².